The van der Waals surface area contributed by atoms with E-state index >= 15 is 0 Å². The molecule has 0 spiro atoms. The van der Waals surface area contributed by atoms with Gasteiger partial charge in [-0.05, 0) is 43.5 Å². The summed E-state index contributed by atoms with van der Waals surface area (Å²) in [5.74, 6) is 0. The normalized spacial score (nSPS) is 18.8. The molecule has 1 heterocycles. The standard InChI is InChI=1S/C15H24N2O/c16-12-15(18)14-6-4-13(5-7-14)8-11-17-9-2-1-3-10-17/h4-7,15,18H,1-3,8-12,16H2. The van der Waals surface area contributed by atoms with Crippen LogP contribution < -0.4 is 5.73 Å². The highest BCUT2D eigenvalue weighted by atomic mass is 16.3. The molecule has 100 valence electrons. The van der Waals surface area contributed by atoms with Crippen LogP contribution in [0.3, 0.4) is 0 Å². The first-order valence-electron chi connectivity index (χ1n) is 6.99. The lowest BCUT2D eigenvalue weighted by molar-refractivity contribution is 0.186. The van der Waals surface area contributed by atoms with Gasteiger partial charge in [-0.3, -0.25) is 0 Å². The summed E-state index contributed by atoms with van der Waals surface area (Å²) in [4.78, 5) is 2.55. The molecular formula is C15H24N2O. The van der Waals surface area contributed by atoms with E-state index in [2.05, 4.69) is 17.0 Å². The molecule has 3 nitrogen and oxygen atoms in total. The minimum Gasteiger partial charge on any atom is -0.387 e. The Balaban J connectivity index is 1.82. The Morgan fingerprint density at radius 1 is 1.11 bits per heavy atom. The van der Waals surface area contributed by atoms with Crippen molar-refractivity contribution in [2.45, 2.75) is 31.8 Å². The van der Waals surface area contributed by atoms with E-state index in [1.165, 1.54) is 37.9 Å². The van der Waals surface area contributed by atoms with Gasteiger partial charge in [0, 0.05) is 13.1 Å². The molecule has 1 fully saturated rings. The molecule has 0 saturated carbocycles. The van der Waals surface area contributed by atoms with Crippen LogP contribution in [0, 0.1) is 0 Å². The van der Waals surface area contributed by atoms with E-state index in [-0.39, 0.29) is 6.54 Å². The molecule has 0 aromatic heterocycles. The second-order valence-corrected chi connectivity index (χ2v) is 5.15. The van der Waals surface area contributed by atoms with Gasteiger partial charge in [0.25, 0.3) is 0 Å². The fraction of sp³-hybridized carbons (Fsp3) is 0.600. The Kier molecular flexibility index (Phi) is 5.17. The number of piperidine rings is 1. The molecule has 2 rings (SSSR count). The molecule has 3 heteroatoms. The van der Waals surface area contributed by atoms with Gasteiger partial charge in [0.2, 0.25) is 0 Å². The lowest BCUT2D eigenvalue weighted by Gasteiger charge is -2.26. The predicted molar refractivity (Wildman–Crippen MR) is 74.5 cm³/mol. The number of benzene rings is 1. The molecule has 1 atom stereocenters. The summed E-state index contributed by atoms with van der Waals surface area (Å²) in [6.07, 6.45) is 4.66. The molecule has 0 amide bonds. The Bertz CT molecular complexity index is 344. The van der Waals surface area contributed by atoms with E-state index in [0.29, 0.717) is 0 Å². The monoisotopic (exact) mass is 248 g/mol. The van der Waals surface area contributed by atoms with Gasteiger partial charge in [0.15, 0.2) is 0 Å². The molecule has 0 bridgehead atoms. The molecule has 0 aliphatic carbocycles. The zero-order chi connectivity index (χ0) is 12.8. The number of aliphatic hydroxyl groups excluding tert-OH is 1. The molecule has 1 unspecified atom stereocenters. The summed E-state index contributed by atoms with van der Waals surface area (Å²) in [5, 5.41) is 9.62. The first-order chi connectivity index (χ1) is 8.79. The number of hydrogen-bond acceptors (Lipinski definition) is 3. The van der Waals surface area contributed by atoms with Crippen LogP contribution in [0.5, 0.6) is 0 Å². The Morgan fingerprint density at radius 2 is 1.78 bits per heavy atom. The summed E-state index contributed by atoms with van der Waals surface area (Å²) in [6, 6.07) is 8.20. The predicted octanol–water partition coefficient (Wildman–Crippen LogP) is 1.71. The van der Waals surface area contributed by atoms with Gasteiger partial charge in [-0.2, -0.15) is 0 Å². The topological polar surface area (TPSA) is 49.5 Å². The van der Waals surface area contributed by atoms with E-state index in [4.69, 9.17) is 5.73 Å². The smallest absolute Gasteiger partial charge is 0.0912 e. The lowest BCUT2D eigenvalue weighted by atomic mass is 10.0. The number of rotatable bonds is 5. The van der Waals surface area contributed by atoms with Crippen molar-refractivity contribution in [2.24, 2.45) is 5.73 Å². The van der Waals surface area contributed by atoms with Crippen molar-refractivity contribution < 1.29 is 5.11 Å². The van der Waals surface area contributed by atoms with Crippen LogP contribution in [-0.2, 0) is 6.42 Å². The Labute approximate surface area is 110 Å². The van der Waals surface area contributed by atoms with Crippen LogP contribution in [0.25, 0.3) is 0 Å². The minimum absolute atomic E-state index is 0.285. The van der Waals surface area contributed by atoms with Crippen molar-refractivity contribution in [3.63, 3.8) is 0 Å². The molecule has 1 aromatic carbocycles. The van der Waals surface area contributed by atoms with E-state index in [1.54, 1.807) is 0 Å². The Morgan fingerprint density at radius 3 is 2.39 bits per heavy atom. The second-order valence-electron chi connectivity index (χ2n) is 5.15. The first kappa shape index (κ1) is 13.5. The molecule has 0 radical (unpaired) electrons. The number of hydrogen-bond donors (Lipinski definition) is 2. The van der Waals surface area contributed by atoms with Gasteiger partial charge in [-0.1, -0.05) is 30.7 Å². The van der Waals surface area contributed by atoms with Crippen LogP contribution >= 0.6 is 0 Å². The van der Waals surface area contributed by atoms with Gasteiger partial charge in [-0.15, -0.1) is 0 Å². The van der Waals surface area contributed by atoms with Crippen LogP contribution in [0.2, 0.25) is 0 Å². The van der Waals surface area contributed by atoms with Crippen molar-refractivity contribution in [2.75, 3.05) is 26.2 Å². The average Bonchev–Trinajstić information content (AvgIpc) is 2.46. The fourth-order valence-electron chi connectivity index (χ4n) is 2.51. The molecule has 1 aliphatic heterocycles. The van der Waals surface area contributed by atoms with Crippen molar-refractivity contribution in [3.8, 4) is 0 Å². The zero-order valence-corrected chi connectivity index (χ0v) is 11.0. The number of aliphatic hydroxyl groups is 1. The van der Waals surface area contributed by atoms with Gasteiger partial charge >= 0.3 is 0 Å². The maximum Gasteiger partial charge on any atom is 0.0912 e. The van der Waals surface area contributed by atoms with Gasteiger partial charge < -0.3 is 15.7 Å². The molecule has 18 heavy (non-hydrogen) atoms. The molecule has 1 saturated heterocycles. The highest BCUT2D eigenvalue weighted by Crippen LogP contribution is 2.14. The fourth-order valence-corrected chi connectivity index (χ4v) is 2.51. The van der Waals surface area contributed by atoms with Gasteiger partial charge in [0.1, 0.15) is 0 Å². The summed E-state index contributed by atoms with van der Waals surface area (Å²) in [7, 11) is 0. The van der Waals surface area contributed by atoms with Crippen molar-refractivity contribution in [1.29, 1.82) is 0 Å². The van der Waals surface area contributed by atoms with E-state index in [9.17, 15) is 5.11 Å². The molecular weight excluding hydrogens is 224 g/mol. The van der Waals surface area contributed by atoms with E-state index in [0.717, 1.165) is 18.5 Å². The third kappa shape index (κ3) is 3.80. The SMILES string of the molecule is NCC(O)c1ccc(CCN2CCCCC2)cc1. The average molecular weight is 248 g/mol. The first-order valence-corrected chi connectivity index (χ1v) is 6.99. The maximum absolute atomic E-state index is 9.62. The molecule has 3 N–H and O–H groups in total. The summed E-state index contributed by atoms with van der Waals surface area (Å²) >= 11 is 0. The van der Waals surface area contributed by atoms with Crippen molar-refractivity contribution >= 4 is 0 Å². The Hall–Kier alpha value is -0.900. The largest absolute Gasteiger partial charge is 0.387 e. The van der Waals surface area contributed by atoms with Gasteiger partial charge in [-0.25, -0.2) is 0 Å². The molecule has 1 aliphatic rings. The van der Waals surface area contributed by atoms with Crippen LogP contribution in [0.1, 0.15) is 36.5 Å². The van der Waals surface area contributed by atoms with E-state index < -0.39 is 6.10 Å². The maximum atomic E-state index is 9.62. The van der Waals surface area contributed by atoms with E-state index in [1.807, 2.05) is 12.1 Å². The van der Waals surface area contributed by atoms with Crippen LogP contribution in [-0.4, -0.2) is 36.2 Å². The van der Waals surface area contributed by atoms with Crippen molar-refractivity contribution in [1.82, 2.24) is 4.90 Å². The molecule has 1 aromatic rings. The third-order valence-electron chi connectivity index (χ3n) is 3.75. The van der Waals surface area contributed by atoms with Gasteiger partial charge in [0.05, 0.1) is 6.10 Å². The van der Waals surface area contributed by atoms with Crippen LogP contribution in [0.4, 0.5) is 0 Å². The summed E-state index contributed by atoms with van der Waals surface area (Å²) in [5.41, 5.74) is 7.70. The zero-order valence-electron chi connectivity index (χ0n) is 11.0. The lowest BCUT2D eigenvalue weighted by Crippen LogP contribution is -2.31. The number of nitrogens with two attached hydrogens (primary N) is 1. The summed E-state index contributed by atoms with van der Waals surface area (Å²) < 4.78 is 0. The number of nitrogens with zero attached hydrogens (tertiary/aromatic N) is 1. The summed E-state index contributed by atoms with van der Waals surface area (Å²) in [6.45, 7) is 3.94. The van der Waals surface area contributed by atoms with Crippen LogP contribution in [0.15, 0.2) is 24.3 Å². The number of likely N-dealkylation sites (tertiary alicyclic amines) is 1. The highest BCUT2D eigenvalue weighted by Gasteiger charge is 2.10. The quantitative estimate of drug-likeness (QED) is 0.834. The third-order valence-corrected chi connectivity index (χ3v) is 3.75. The van der Waals surface area contributed by atoms with Crippen molar-refractivity contribution in [3.05, 3.63) is 35.4 Å². The highest BCUT2D eigenvalue weighted by molar-refractivity contribution is 5.24. The minimum atomic E-state index is -0.527. The second kappa shape index (κ2) is 6.88.